The van der Waals surface area contributed by atoms with Crippen molar-refractivity contribution in [3.8, 4) is 0 Å². The summed E-state index contributed by atoms with van der Waals surface area (Å²) >= 11 is 0. The molecule has 0 atom stereocenters. The lowest BCUT2D eigenvalue weighted by molar-refractivity contribution is -0.136. The van der Waals surface area contributed by atoms with Gasteiger partial charge in [0.25, 0.3) is 5.91 Å². The molecule has 3 aromatic rings. The SMILES string of the molecule is CCc1ccc(CCC(=O)Nc2ccc(NC(=O)c3ccco3)cc2C(F)(F)F)cc1. The molecule has 8 heteroatoms. The summed E-state index contributed by atoms with van der Waals surface area (Å²) in [7, 11) is 0. The summed E-state index contributed by atoms with van der Waals surface area (Å²) in [5.74, 6) is -1.24. The van der Waals surface area contributed by atoms with Crippen LogP contribution in [0, 0.1) is 0 Å². The highest BCUT2D eigenvalue weighted by Gasteiger charge is 2.34. The fourth-order valence-corrected chi connectivity index (χ4v) is 2.98. The summed E-state index contributed by atoms with van der Waals surface area (Å²) in [6, 6.07) is 13.8. The van der Waals surface area contributed by atoms with Crippen LogP contribution in [0.3, 0.4) is 0 Å². The van der Waals surface area contributed by atoms with Crippen molar-refractivity contribution in [1.29, 1.82) is 0 Å². The van der Waals surface area contributed by atoms with Crippen LogP contribution in [0.2, 0.25) is 0 Å². The van der Waals surface area contributed by atoms with Gasteiger partial charge in [-0.15, -0.1) is 0 Å². The molecule has 162 valence electrons. The van der Waals surface area contributed by atoms with Gasteiger partial charge in [0.15, 0.2) is 5.76 Å². The molecule has 1 heterocycles. The minimum atomic E-state index is -4.72. The zero-order valence-corrected chi connectivity index (χ0v) is 16.8. The summed E-state index contributed by atoms with van der Waals surface area (Å²) in [6.45, 7) is 2.04. The van der Waals surface area contributed by atoms with Crippen molar-refractivity contribution in [2.45, 2.75) is 32.4 Å². The molecule has 3 rings (SSSR count). The first kappa shape index (κ1) is 22.1. The van der Waals surface area contributed by atoms with Crippen LogP contribution < -0.4 is 10.6 Å². The third kappa shape index (κ3) is 5.97. The second kappa shape index (κ2) is 9.51. The van der Waals surface area contributed by atoms with E-state index in [-0.39, 0.29) is 23.6 Å². The number of carbonyl (C=O) groups is 2. The number of nitrogens with one attached hydrogen (secondary N) is 2. The van der Waals surface area contributed by atoms with Gasteiger partial charge in [0.1, 0.15) is 0 Å². The molecule has 0 spiro atoms. The number of hydrogen-bond donors (Lipinski definition) is 2. The highest BCUT2D eigenvalue weighted by atomic mass is 19.4. The van der Waals surface area contributed by atoms with Crippen molar-refractivity contribution in [1.82, 2.24) is 0 Å². The monoisotopic (exact) mass is 430 g/mol. The molecular formula is C23H21F3N2O3. The number of furan rings is 1. The van der Waals surface area contributed by atoms with Gasteiger partial charge in [-0.2, -0.15) is 13.2 Å². The lowest BCUT2D eigenvalue weighted by atomic mass is 10.1. The van der Waals surface area contributed by atoms with Crippen LogP contribution >= 0.6 is 0 Å². The van der Waals surface area contributed by atoms with E-state index in [2.05, 4.69) is 10.6 Å². The van der Waals surface area contributed by atoms with E-state index in [1.54, 1.807) is 0 Å². The number of rotatable bonds is 7. The largest absolute Gasteiger partial charge is 0.459 e. The Morgan fingerprint density at radius 1 is 0.968 bits per heavy atom. The van der Waals surface area contributed by atoms with Gasteiger partial charge in [0.2, 0.25) is 5.91 Å². The van der Waals surface area contributed by atoms with Crippen molar-refractivity contribution in [2.24, 2.45) is 0 Å². The van der Waals surface area contributed by atoms with Gasteiger partial charge in [-0.3, -0.25) is 9.59 Å². The van der Waals surface area contributed by atoms with Crippen LogP contribution in [0.15, 0.2) is 65.3 Å². The number of amides is 2. The predicted molar refractivity (Wildman–Crippen MR) is 111 cm³/mol. The van der Waals surface area contributed by atoms with E-state index in [1.165, 1.54) is 30.0 Å². The maximum Gasteiger partial charge on any atom is 0.418 e. The van der Waals surface area contributed by atoms with Crippen LogP contribution in [0.4, 0.5) is 24.5 Å². The molecule has 0 saturated heterocycles. The third-order valence-electron chi connectivity index (χ3n) is 4.67. The summed E-state index contributed by atoms with van der Waals surface area (Å²) in [5, 5.41) is 4.68. The van der Waals surface area contributed by atoms with Gasteiger partial charge < -0.3 is 15.1 Å². The molecular weight excluding hydrogens is 409 g/mol. The summed E-state index contributed by atoms with van der Waals surface area (Å²) in [4.78, 5) is 24.2. The van der Waals surface area contributed by atoms with Gasteiger partial charge in [0, 0.05) is 12.1 Å². The normalized spacial score (nSPS) is 11.2. The van der Waals surface area contributed by atoms with Crippen LogP contribution in [-0.2, 0) is 23.8 Å². The first-order chi connectivity index (χ1) is 14.8. The minimum absolute atomic E-state index is 0.0297. The van der Waals surface area contributed by atoms with Crippen molar-refractivity contribution in [2.75, 3.05) is 10.6 Å². The van der Waals surface area contributed by atoms with E-state index in [4.69, 9.17) is 4.42 Å². The molecule has 2 aromatic carbocycles. The summed E-state index contributed by atoms with van der Waals surface area (Å²) in [6.07, 6.45) is -2.08. The van der Waals surface area contributed by atoms with E-state index in [9.17, 15) is 22.8 Å². The summed E-state index contributed by atoms with van der Waals surface area (Å²) in [5.41, 5.74) is 0.615. The van der Waals surface area contributed by atoms with E-state index < -0.39 is 23.6 Å². The maximum atomic E-state index is 13.5. The van der Waals surface area contributed by atoms with E-state index in [1.807, 2.05) is 31.2 Å². The molecule has 0 radical (unpaired) electrons. The van der Waals surface area contributed by atoms with Gasteiger partial charge >= 0.3 is 6.18 Å². The number of halogens is 3. The van der Waals surface area contributed by atoms with Gasteiger partial charge in [-0.05, 0) is 54.3 Å². The molecule has 0 fully saturated rings. The molecule has 0 unspecified atom stereocenters. The van der Waals surface area contributed by atoms with Crippen LogP contribution in [0.5, 0.6) is 0 Å². The lowest BCUT2D eigenvalue weighted by Crippen LogP contribution is -2.18. The minimum Gasteiger partial charge on any atom is -0.459 e. The quantitative estimate of drug-likeness (QED) is 0.506. The molecule has 0 saturated carbocycles. The molecule has 2 N–H and O–H groups in total. The second-order valence-electron chi connectivity index (χ2n) is 6.91. The Balaban J connectivity index is 1.69. The van der Waals surface area contributed by atoms with Crippen LogP contribution in [0.25, 0.3) is 0 Å². The Kier molecular flexibility index (Phi) is 6.79. The second-order valence-corrected chi connectivity index (χ2v) is 6.91. The highest BCUT2D eigenvalue weighted by molar-refractivity contribution is 6.02. The number of anilines is 2. The zero-order valence-electron chi connectivity index (χ0n) is 16.8. The van der Waals surface area contributed by atoms with E-state index in [0.717, 1.165) is 24.1 Å². The average Bonchev–Trinajstić information content (AvgIpc) is 3.28. The number of aryl methyl sites for hydroxylation is 2. The predicted octanol–water partition coefficient (Wildman–Crippen LogP) is 5.68. The van der Waals surface area contributed by atoms with Crippen molar-refractivity contribution in [3.63, 3.8) is 0 Å². The van der Waals surface area contributed by atoms with E-state index in [0.29, 0.717) is 6.42 Å². The standard InChI is InChI=1S/C23H21F3N2O3/c1-2-15-5-7-16(8-6-15)9-12-21(29)28-19-11-10-17(14-18(19)23(24,25)26)27-22(30)20-4-3-13-31-20/h3-8,10-11,13-14H,2,9,12H2,1H3,(H,27,30)(H,28,29). The van der Waals surface area contributed by atoms with Gasteiger partial charge in [-0.1, -0.05) is 31.2 Å². The fraction of sp³-hybridized carbons (Fsp3) is 0.217. The number of hydrogen-bond acceptors (Lipinski definition) is 3. The van der Waals surface area contributed by atoms with Crippen molar-refractivity contribution >= 4 is 23.2 Å². The topological polar surface area (TPSA) is 71.3 Å². The molecule has 31 heavy (non-hydrogen) atoms. The smallest absolute Gasteiger partial charge is 0.418 e. The number of alkyl halides is 3. The molecule has 1 aromatic heterocycles. The Labute approximate surface area is 177 Å². The van der Waals surface area contributed by atoms with E-state index >= 15 is 0 Å². The maximum absolute atomic E-state index is 13.5. The third-order valence-corrected chi connectivity index (χ3v) is 4.67. The molecule has 0 bridgehead atoms. The number of benzene rings is 2. The molecule has 2 amide bonds. The Hall–Kier alpha value is -3.55. The molecule has 5 nitrogen and oxygen atoms in total. The number of carbonyl (C=O) groups excluding carboxylic acids is 2. The van der Waals surface area contributed by atoms with Gasteiger partial charge in [0.05, 0.1) is 17.5 Å². The molecule has 0 aliphatic carbocycles. The molecule has 0 aliphatic heterocycles. The van der Waals surface area contributed by atoms with Crippen LogP contribution in [0.1, 0.15) is 40.6 Å². The molecule has 0 aliphatic rings. The summed E-state index contributed by atoms with van der Waals surface area (Å²) < 4.78 is 45.5. The average molecular weight is 430 g/mol. The highest BCUT2D eigenvalue weighted by Crippen LogP contribution is 2.36. The van der Waals surface area contributed by atoms with Crippen molar-refractivity contribution < 1.29 is 27.2 Å². The van der Waals surface area contributed by atoms with Crippen molar-refractivity contribution in [3.05, 3.63) is 83.3 Å². The van der Waals surface area contributed by atoms with Crippen LogP contribution in [-0.4, -0.2) is 11.8 Å². The van der Waals surface area contributed by atoms with Gasteiger partial charge in [-0.25, -0.2) is 0 Å². The first-order valence-corrected chi connectivity index (χ1v) is 9.70. The Bertz CT molecular complexity index is 1040. The Morgan fingerprint density at radius 2 is 1.68 bits per heavy atom. The zero-order chi connectivity index (χ0) is 22.4. The fourth-order valence-electron chi connectivity index (χ4n) is 2.98. The lowest BCUT2D eigenvalue weighted by Gasteiger charge is -2.16. The Morgan fingerprint density at radius 3 is 2.29 bits per heavy atom. The first-order valence-electron chi connectivity index (χ1n) is 9.70.